The largest absolute Gasteiger partial charge is 0.493 e. The molecule has 4 N–H and O–H groups in total. The molecule has 34 heavy (non-hydrogen) atoms. The van der Waals surface area contributed by atoms with E-state index >= 15 is 0 Å². The highest BCUT2D eigenvalue weighted by Gasteiger charge is 2.34. The molecule has 0 aliphatic rings. The number of amides is 2. The molecule has 0 radical (unpaired) electrons. The van der Waals surface area contributed by atoms with Gasteiger partial charge < -0.3 is 25.6 Å². The zero-order valence-electron chi connectivity index (χ0n) is 18.6. The molecule has 0 aromatic heterocycles. The molecule has 3 aromatic rings. The van der Waals surface area contributed by atoms with Gasteiger partial charge in [0.05, 0.1) is 24.8 Å². The Labute approximate surface area is 197 Å². The number of rotatable bonds is 9. The summed E-state index contributed by atoms with van der Waals surface area (Å²) in [6.07, 6.45) is -0.717. The van der Waals surface area contributed by atoms with Crippen LogP contribution in [-0.2, 0) is 11.2 Å². The number of hydrogen-bond donors (Lipinski definition) is 4. The average Bonchev–Trinajstić information content (AvgIpc) is 2.85. The highest BCUT2D eigenvalue weighted by Crippen LogP contribution is 2.24. The zero-order chi connectivity index (χ0) is 24.6. The van der Waals surface area contributed by atoms with Crippen LogP contribution in [0, 0.1) is 11.3 Å². The SMILES string of the molecule is CC(CO)(NC(=O)O)C(=O)Nc1ccc(OCCc2ccc(-c3ccccc3C#N)cc2)cc1. The van der Waals surface area contributed by atoms with Crippen LogP contribution >= 0.6 is 0 Å². The van der Waals surface area contributed by atoms with E-state index in [0.29, 0.717) is 30.0 Å². The lowest BCUT2D eigenvalue weighted by Crippen LogP contribution is -2.56. The fourth-order valence-electron chi connectivity index (χ4n) is 3.28. The zero-order valence-corrected chi connectivity index (χ0v) is 18.6. The van der Waals surface area contributed by atoms with Gasteiger partial charge in [0.1, 0.15) is 11.3 Å². The van der Waals surface area contributed by atoms with Crippen molar-refractivity contribution in [3.63, 3.8) is 0 Å². The molecule has 8 heteroatoms. The Kier molecular flexibility index (Phi) is 7.85. The maximum atomic E-state index is 12.3. The van der Waals surface area contributed by atoms with Gasteiger partial charge in [-0.05, 0) is 53.9 Å². The van der Waals surface area contributed by atoms with E-state index < -0.39 is 24.1 Å². The number of benzene rings is 3. The van der Waals surface area contributed by atoms with Crippen LogP contribution in [0.25, 0.3) is 11.1 Å². The molecule has 0 fully saturated rings. The van der Waals surface area contributed by atoms with Gasteiger partial charge in [0, 0.05) is 12.1 Å². The van der Waals surface area contributed by atoms with Crippen molar-refractivity contribution in [3.8, 4) is 22.9 Å². The van der Waals surface area contributed by atoms with Crippen LogP contribution in [0.15, 0.2) is 72.8 Å². The van der Waals surface area contributed by atoms with Crippen molar-refractivity contribution in [1.29, 1.82) is 5.26 Å². The van der Waals surface area contributed by atoms with Crippen LogP contribution in [0.5, 0.6) is 5.75 Å². The second kappa shape index (κ2) is 11.0. The molecule has 8 nitrogen and oxygen atoms in total. The fourth-order valence-corrected chi connectivity index (χ4v) is 3.28. The summed E-state index contributed by atoms with van der Waals surface area (Å²) >= 11 is 0. The first-order valence-electron chi connectivity index (χ1n) is 10.6. The maximum absolute atomic E-state index is 12.3. The molecule has 0 spiro atoms. The van der Waals surface area contributed by atoms with Crippen LogP contribution in [0.3, 0.4) is 0 Å². The molecular formula is C26H25N3O5. The third kappa shape index (κ3) is 6.12. The van der Waals surface area contributed by atoms with Gasteiger partial charge in [-0.15, -0.1) is 0 Å². The standard InChI is InChI=1S/C26H25N3O5/c1-26(17-30,29-25(32)33)24(31)28-21-10-12-22(13-11-21)34-15-14-18-6-8-19(9-7-18)23-5-3-2-4-20(23)16-27/h2-13,29-30H,14-15,17H2,1H3,(H,28,31)(H,32,33). The Bertz CT molecular complexity index is 1190. The number of aliphatic hydroxyl groups excluding tert-OH is 1. The minimum atomic E-state index is -1.66. The number of aliphatic hydroxyl groups is 1. The number of carboxylic acid groups (broad SMARTS) is 1. The lowest BCUT2D eigenvalue weighted by molar-refractivity contribution is -0.123. The monoisotopic (exact) mass is 459 g/mol. The van der Waals surface area contributed by atoms with Crippen LogP contribution in [0.2, 0.25) is 0 Å². The number of hydrogen-bond acceptors (Lipinski definition) is 5. The summed E-state index contributed by atoms with van der Waals surface area (Å²) in [6, 6.07) is 24.3. The van der Waals surface area contributed by atoms with E-state index in [9.17, 15) is 20.0 Å². The Morgan fingerprint density at radius 1 is 1.03 bits per heavy atom. The van der Waals surface area contributed by atoms with Crippen LogP contribution < -0.4 is 15.4 Å². The van der Waals surface area contributed by atoms with E-state index in [4.69, 9.17) is 9.84 Å². The number of nitrogens with one attached hydrogen (secondary N) is 2. The van der Waals surface area contributed by atoms with Gasteiger partial charge in [-0.2, -0.15) is 5.26 Å². The van der Waals surface area contributed by atoms with Crippen molar-refractivity contribution in [2.45, 2.75) is 18.9 Å². The van der Waals surface area contributed by atoms with Crippen molar-refractivity contribution in [1.82, 2.24) is 5.32 Å². The first-order valence-corrected chi connectivity index (χ1v) is 10.6. The Morgan fingerprint density at radius 2 is 1.71 bits per heavy atom. The normalized spacial score (nSPS) is 12.1. The van der Waals surface area contributed by atoms with Crippen molar-refractivity contribution >= 4 is 17.7 Å². The first-order chi connectivity index (χ1) is 16.3. The van der Waals surface area contributed by atoms with Crippen LogP contribution in [0.4, 0.5) is 10.5 Å². The van der Waals surface area contributed by atoms with Gasteiger partial charge in [-0.1, -0.05) is 42.5 Å². The number of nitrogens with zero attached hydrogens (tertiary/aromatic N) is 1. The third-order valence-corrected chi connectivity index (χ3v) is 5.28. The smallest absolute Gasteiger partial charge is 0.405 e. The Morgan fingerprint density at radius 3 is 2.32 bits per heavy atom. The van der Waals surface area contributed by atoms with Gasteiger partial charge in [-0.25, -0.2) is 4.79 Å². The number of nitriles is 1. The first kappa shape index (κ1) is 24.3. The van der Waals surface area contributed by atoms with Crippen molar-refractivity contribution in [3.05, 3.63) is 83.9 Å². The van der Waals surface area contributed by atoms with Gasteiger partial charge in [-0.3, -0.25) is 4.79 Å². The molecule has 1 atom stereocenters. The topological polar surface area (TPSA) is 132 Å². The summed E-state index contributed by atoms with van der Waals surface area (Å²) in [5.74, 6) is -0.0574. The van der Waals surface area contributed by atoms with Gasteiger partial charge >= 0.3 is 6.09 Å². The predicted octanol–water partition coefficient (Wildman–Crippen LogP) is 3.80. The quantitative estimate of drug-likeness (QED) is 0.385. The number of carbonyl (C=O) groups excluding carboxylic acids is 1. The molecule has 0 saturated heterocycles. The van der Waals surface area contributed by atoms with E-state index in [1.165, 1.54) is 6.92 Å². The van der Waals surface area contributed by atoms with Gasteiger partial charge in [0.25, 0.3) is 5.91 Å². The number of ether oxygens (including phenoxy) is 1. The number of carbonyl (C=O) groups is 2. The molecule has 0 heterocycles. The van der Waals surface area contributed by atoms with E-state index in [1.807, 2.05) is 47.8 Å². The second-order valence-corrected chi connectivity index (χ2v) is 7.85. The molecule has 174 valence electrons. The summed E-state index contributed by atoms with van der Waals surface area (Å²) < 4.78 is 5.78. The van der Waals surface area contributed by atoms with Crippen LogP contribution in [0.1, 0.15) is 18.1 Å². The molecule has 0 saturated carbocycles. The lowest BCUT2D eigenvalue weighted by Gasteiger charge is -2.25. The van der Waals surface area contributed by atoms with Crippen molar-refractivity contribution < 1.29 is 24.5 Å². The lowest BCUT2D eigenvalue weighted by atomic mass is 9.99. The summed E-state index contributed by atoms with van der Waals surface area (Å²) in [7, 11) is 0. The summed E-state index contributed by atoms with van der Waals surface area (Å²) in [5.41, 5.74) is 2.40. The van der Waals surface area contributed by atoms with Crippen molar-refractivity contribution in [2.24, 2.45) is 0 Å². The molecule has 3 rings (SSSR count). The minimum absolute atomic E-state index is 0.442. The minimum Gasteiger partial charge on any atom is -0.493 e. The molecule has 3 aromatic carbocycles. The van der Waals surface area contributed by atoms with Gasteiger partial charge in [0.2, 0.25) is 0 Å². The fraction of sp³-hybridized carbons (Fsp3) is 0.192. The highest BCUT2D eigenvalue weighted by molar-refractivity contribution is 5.99. The Hall–Kier alpha value is -4.35. The van der Waals surface area contributed by atoms with E-state index in [-0.39, 0.29) is 0 Å². The molecule has 2 amide bonds. The Balaban J connectivity index is 1.52. The average molecular weight is 460 g/mol. The highest BCUT2D eigenvalue weighted by atomic mass is 16.5. The van der Waals surface area contributed by atoms with E-state index in [0.717, 1.165) is 16.7 Å². The summed E-state index contributed by atoms with van der Waals surface area (Å²) in [4.78, 5) is 23.2. The molecule has 0 bridgehead atoms. The van der Waals surface area contributed by atoms with Crippen LogP contribution in [-0.4, -0.2) is 41.0 Å². The maximum Gasteiger partial charge on any atom is 0.405 e. The summed E-state index contributed by atoms with van der Waals surface area (Å²) in [5, 5.41) is 32.1. The molecular weight excluding hydrogens is 434 g/mol. The van der Waals surface area contributed by atoms with Gasteiger partial charge in [0.15, 0.2) is 0 Å². The molecule has 0 aliphatic heterocycles. The van der Waals surface area contributed by atoms with Crippen molar-refractivity contribution in [2.75, 3.05) is 18.5 Å². The second-order valence-electron chi connectivity index (χ2n) is 7.85. The van der Waals surface area contributed by atoms with E-state index in [1.54, 1.807) is 30.3 Å². The molecule has 1 unspecified atom stereocenters. The van der Waals surface area contributed by atoms with E-state index in [2.05, 4.69) is 11.4 Å². The molecule has 0 aliphatic carbocycles. The number of anilines is 1. The third-order valence-electron chi connectivity index (χ3n) is 5.28. The predicted molar refractivity (Wildman–Crippen MR) is 128 cm³/mol. The summed E-state index contributed by atoms with van der Waals surface area (Å²) in [6.45, 7) is 1.06.